The van der Waals surface area contributed by atoms with Gasteiger partial charge in [-0.1, -0.05) is 83.4 Å². The van der Waals surface area contributed by atoms with Crippen LogP contribution in [0.5, 0.6) is 11.5 Å². The average molecular weight is 460 g/mol. The number of anilines is 2. The number of hydrogen-bond acceptors (Lipinski definition) is 3. The zero-order valence-corrected chi connectivity index (χ0v) is 21.3. The Morgan fingerprint density at radius 2 is 1.59 bits per heavy atom. The summed E-state index contributed by atoms with van der Waals surface area (Å²) in [6.45, 7) is 10.3. The van der Waals surface area contributed by atoms with Crippen molar-refractivity contribution >= 4 is 11.4 Å². The number of benzene rings is 3. The van der Waals surface area contributed by atoms with Crippen LogP contribution in [0.2, 0.25) is 0 Å². The summed E-state index contributed by atoms with van der Waals surface area (Å²) in [5, 5.41) is 3.59. The van der Waals surface area contributed by atoms with E-state index in [9.17, 15) is 0 Å². The zero-order chi connectivity index (χ0) is 24.2. The van der Waals surface area contributed by atoms with Crippen molar-refractivity contribution in [3.8, 4) is 11.5 Å². The summed E-state index contributed by atoms with van der Waals surface area (Å²) in [5.41, 5.74) is 4.54. The van der Waals surface area contributed by atoms with Crippen molar-refractivity contribution < 1.29 is 9.47 Å². The fraction of sp³-hybridized carbons (Fsp3) is 0.419. The van der Waals surface area contributed by atoms with Crippen LogP contribution in [0.1, 0.15) is 76.8 Å². The Morgan fingerprint density at radius 1 is 0.794 bits per heavy atom. The lowest BCUT2D eigenvalue weighted by molar-refractivity contribution is 0.286. The highest BCUT2D eigenvalue weighted by molar-refractivity contribution is 5.66. The van der Waals surface area contributed by atoms with E-state index in [-0.39, 0.29) is 0 Å². The van der Waals surface area contributed by atoms with Crippen molar-refractivity contribution in [1.29, 1.82) is 0 Å². The van der Waals surface area contributed by atoms with Crippen LogP contribution in [-0.2, 0) is 6.61 Å². The van der Waals surface area contributed by atoms with E-state index in [1.165, 1.54) is 36.8 Å². The largest absolute Gasteiger partial charge is 0.494 e. The van der Waals surface area contributed by atoms with Crippen LogP contribution in [0.15, 0.2) is 72.8 Å². The van der Waals surface area contributed by atoms with Crippen LogP contribution >= 0.6 is 0 Å². The molecule has 0 saturated heterocycles. The van der Waals surface area contributed by atoms with E-state index in [1.54, 1.807) is 0 Å². The molecule has 1 N–H and O–H groups in total. The van der Waals surface area contributed by atoms with E-state index < -0.39 is 0 Å². The minimum Gasteiger partial charge on any atom is -0.494 e. The smallest absolute Gasteiger partial charge is 0.121 e. The molecule has 0 amide bonds. The first-order valence-corrected chi connectivity index (χ1v) is 12.9. The molecule has 3 aromatic rings. The molecule has 34 heavy (non-hydrogen) atoms. The first kappa shape index (κ1) is 25.7. The molecule has 0 aliphatic rings. The zero-order valence-electron chi connectivity index (χ0n) is 21.3. The van der Waals surface area contributed by atoms with Gasteiger partial charge in [0.15, 0.2) is 0 Å². The van der Waals surface area contributed by atoms with Crippen molar-refractivity contribution in [1.82, 2.24) is 0 Å². The second kappa shape index (κ2) is 13.7. The topological polar surface area (TPSA) is 30.5 Å². The molecule has 3 aromatic carbocycles. The third kappa shape index (κ3) is 8.13. The summed E-state index contributed by atoms with van der Waals surface area (Å²) in [6, 6.07) is 24.8. The summed E-state index contributed by atoms with van der Waals surface area (Å²) >= 11 is 0. The summed E-state index contributed by atoms with van der Waals surface area (Å²) < 4.78 is 12.1. The monoisotopic (exact) mass is 459 g/mol. The summed E-state index contributed by atoms with van der Waals surface area (Å²) in [4.78, 5) is 0. The minimum atomic E-state index is 0.372. The average Bonchev–Trinajstić information content (AvgIpc) is 2.86. The Labute approximate surface area is 206 Å². The Balaban J connectivity index is 1.59. The highest BCUT2D eigenvalue weighted by Gasteiger charge is 2.10. The third-order valence-electron chi connectivity index (χ3n) is 6.31. The van der Waals surface area contributed by atoms with Crippen LogP contribution < -0.4 is 14.8 Å². The first-order valence-electron chi connectivity index (χ1n) is 12.9. The maximum atomic E-state index is 6.07. The van der Waals surface area contributed by atoms with Gasteiger partial charge >= 0.3 is 0 Å². The van der Waals surface area contributed by atoms with E-state index in [4.69, 9.17) is 9.47 Å². The molecule has 3 heteroatoms. The highest BCUT2D eigenvalue weighted by Crippen LogP contribution is 2.32. The molecule has 0 heterocycles. The Hall–Kier alpha value is -2.94. The van der Waals surface area contributed by atoms with Gasteiger partial charge in [-0.25, -0.2) is 0 Å². The Kier molecular flexibility index (Phi) is 10.3. The van der Waals surface area contributed by atoms with Crippen LogP contribution in [0.4, 0.5) is 11.4 Å². The molecule has 0 aliphatic heterocycles. The van der Waals surface area contributed by atoms with Crippen LogP contribution in [0.25, 0.3) is 0 Å². The van der Waals surface area contributed by atoms with E-state index in [1.807, 2.05) is 30.3 Å². The molecular formula is C31H41NO2. The minimum absolute atomic E-state index is 0.372. The quantitative estimate of drug-likeness (QED) is 0.244. The van der Waals surface area contributed by atoms with Gasteiger partial charge < -0.3 is 14.8 Å². The van der Waals surface area contributed by atoms with E-state index >= 15 is 0 Å². The van der Waals surface area contributed by atoms with Gasteiger partial charge in [-0.15, -0.1) is 0 Å². The number of ether oxygens (including phenoxy) is 2. The first-order chi connectivity index (χ1) is 16.6. The van der Waals surface area contributed by atoms with Crippen LogP contribution in [-0.4, -0.2) is 6.61 Å². The van der Waals surface area contributed by atoms with E-state index in [0.29, 0.717) is 12.5 Å². The number of rotatable bonds is 14. The van der Waals surface area contributed by atoms with Gasteiger partial charge in [0.1, 0.15) is 18.1 Å². The van der Waals surface area contributed by atoms with Gasteiger partial charge in [0.05, 0.1) is 6.61 Å². The molecule has 1 atom stereocenters. The molecule has 0 spiro atoms. The number of nitrogens with one attached hydrogen (secondary N) is 1. The van der Waals surface area contributed by atoms with Gasteiger partial charge in [-0.2, -0.15) is 0 Å². The van der Waals surface area contributed by atoms with Gasteiger partial charge in [0.2, 0.25) is 0 Å². The van der Waals surface area contributed by atoms with Crippen LogP contribution in [0, 0.1) is 5.92 Å². The maximum Gasteiger partial charge on any atom is 0.121 e. The summed E-state index contributed by atoms with van der Waals surface area (Å²) in [7, 11) is 0. The molecule has 1 unspecified atom stereocenters. The van der Waals surface area contributed by atoms with Crippen molar-refractivity contribution in [3.63, 3.8) is 0 Å². The molecule has 182 valence electrons. The molecule has 3 rings (SSSR count). The third-order valence-corrected chi connectivity index (χ3v) is 6.31. The maximum absolute atomic E-state index is 6.07. The van der Waals surface area contributed by atoms with E-state index in [0.717, 1.165) is 41.8 Å². The second-order valence-corrected chi connectivity index (χ2v) is 9.38. The molecule has 0 fully saturated rings. The lowest BCUT2D eigenvalue weighted by Crippen LogP contribution is -2.04. The fourth-order valence-electron chi connectivity index (χ4n) is 4.31. The van der Waals surface area contributed by atoms with Gasteiger partial charge in [0.25, 0.3) is 0 Å². The standard InChI is InChI=1S/C31H41NO2/c1-5-12-25(6-2)15-11-20-33-28-17-10-16-27(21-28)32-31-19-18-29(22-30(31)24(3)4)34-23-26-13-8-7-9-14-26/h7-10,13-14,16-19,21-22,24-25,32H,5-6,11-12,15,20,23H2,1-4H3. The van der Waals surface area contributed by atoms with Crippen molar-refractivity contribution in [3.05, 3.63) is 83.9 Å². The SMILES string of the molecule is CCCC(CC)CCCOc1cccc(Nc2ccc(OCc3ccccc3)cc2C(C)C)c1. The summed E-state index contributed by atoms with van der Waals surface area (Å²) in [5.74, 6) is 3.01. The Morgan fingerprint density at radius 3 is 2.32 bits per heavy atom. The van der Waals surface area contributed by atoms with Crippen LogP contribution in [0.3, 0.4) is 0 Å². The molecular weight excluding hydrogens is 418 g/mol. The molecule has 0 saturated carbocycles. The van der Waals surface area contributed by atoms with Gasteiger partial charge in [-0.05, 0) is 66.1 Å². The Bertz CT molecular complexity index is 984. The lowest BCUT2D eigenvalue weighted by atomic mass is 9.96. The van der Waals surface area contributed by atoms with Gasteiger partial charge in [0, 0.05) is 17.4 Å². The summed E-state index contributed by atoms with van der Waals surface area (Å²) in [6.07, 6.45) is 6.22. The molecule has 3 nitrogen and oxygen atoms in total. The molecule has 0 aromatic heterocycles. The van der Waals surface area contributed by atoms with Crippen molar-refractivity contribution in [2.75, 3.05) is 11.9 Å². The normalized spacial score (nSPS) is 11.9. The van der Waals surface area contributed by atoms with E-state index in [2.05, 4.69) is 75.5 Å². The van der Waals surface area contributed by atoms with Gasteiger partial charge in [-0.3, -0.25) is 0 Å². The lowest BCUT2D eigenvalue weighted by Gasteiger charge is -2.18. The second-order valence-electron chi connectivity index (χ2n) is 9.38. The molecule has 0 bridgehead atoms. The van der Waals surface area contributed by atoms with Crippen molar-refractivity contribution in [2.24, 2.45) is 5.92 Å². The predicted molar refractivity (Wildman–Crippen MR) is 144 cm³/mol. The van der Waals surface area contributed by atoms with Crippen molar-refractivity contribution in [2.45, 2.75) is 72.3 Å². The predicted octanol–water partition coefficient (Wildman–Crippen LogP) is 9.12. The highest BCUT2D eigenvalue weighted by atomic mass is 16.5. The molecule has 0 radical (unpaired) electrons. The fourth-order valence-corrected chi connectivity index (χ4v) is 4.31. The number of hydrogen-bond donors (Lipinski definition) is 1. The molecule has 0 aliphatic carbocycles.